The molecular formula is C17H16O2. The second kappa shape index (κ2) is 6.01. The van der Waals surface area contributed by atoms with Crippen molar-refractivity contribution in [2.75, 3.05) is 0 Å². The SMILES string of the molecule is O=C(O)C1(C=CC=Cc2ccccc2)C=CC=CC1. The maximum absolute atomic E-state index is 11.4. The van der Waals surface area contributed by atoms with E-state index in [1.807, 2.05) is 54.6 Å². The summed E-state index contributed by atoms with van der Waals surface area (Å²) < 4.78 is 0. The molecule has 1 aromatic rings. The fourth-order valence-corrected chi connectivity index (χ4v) is 1.95. The maximum atomic E-state index is 11.4. The van der Waals surface area contributed by atoms with Crippen LogP contribution >= 0.6 is 0 Å². The number of carboxylic acids is 1. The van der Waals surface area contributed by atoms with Crippen LogP contribution in [-0.2, 0) is 4.79 Å². The quantitative estimate of drug-likeness (QED) is 0.826. The molecule has 0 spiro atoms. The fourth-order valence-electron chi connectivity index (χ4n) is 1.95. The average molecular weight is 252 g/mol. The topological polar surface area (TPSA) is 37.3 Å². The Balaban J connectivity index is 2.09. The summed E-state index contributed by atoms with van der Waals surface area (Å²) >= 11 is 0. The molecule has 0 heterocycles. The van der Waals surface area contributed by atoms with Gasteiger partial charge >= 0.3 is 5.97 Å². The molecule has 1 aliphatic carbocycles. The fraction of sp³-hybridized carbons (Fsp3) is 0.118. The van der Waals surface area contributed by atoms with Crippen LogP contribution in [0.2, 0.25) is 0 Å². The zero-order valence-corrected chi connectivity index (χ0v) is 10.6. The van der Waals surface area contributed by atoms with Crippen LogP contribution in [0.1, 0.15) is 12.0 Å². The molecule has 0 aliphatic heterocycles. The summed E-state index contributed by atoms with van der Waals surface area (Å²) in [5.74, 6) is -0.822. The lowest BCUT2D eigenvalue weighted by atomic mass is 9.81. The Labute approximate surface area is 113 Å². The first-order valence-electron chi connectivity index (χ1n) is 6.22. The van der Waals surface area contributed by atoms with Crippen LogP contribution in [0.5, 0.6) is 0 Å². The van der Waals surface area contributed by atoms with Gasteiger partial charge in [-0.25, -0.2) is 0 Å². The molecule has 0 amide bonds. The monoisotopic (exact) mass is 252 g/mol. The number of hydrogen-bond acceptors (Lipinski definition) is 1. The van der Waals surface area contributed by atoms with Crippen molar-refractivity contribution in [2.45, 2.75) is 6.42 Å². The van der Waals surface area contributed by atoms with E-state index < -0.39 is 11.4 Å². The van der Waals surface area contributed by atoms with E-state index in [1.54, 1.807) is 24.3 Å². The Kier molecular flexibility index (Phi) is 4.14. The molecule has 19 heavy (non-hydrogen) atoms. The molecule has 1 aliphatic rings. The highest BCUT2D eigenvalue weighted by Gasteiger charge is 2.32. The summed E-state index contributed by atoms with van der Waals surface area (Å²) in [7, 11) is 0. The van der Waals surface area contributed by atoms with Gasteiger partial charge in [-0.05, 0) is 12.0 Å². The van der Waals surface area contributed by atoms with Gasteiger partial charge in [-0.1, -0.05) is 78.9 Å². The summed E-state index contributed by atoms with van der Waals surface area (Å²) in [4.78, 5) is 11.4. The standard InChI is InChI=1S/C17H16O2/c18-16(19)17(12-6-2-7-13-17)14-8-5-11-15-9-3-1-4-10-15/h1-12,14H,13H2,(H,18,19). The highest BCUT2D eigenvalue weighted by Crippen LogP contribution is 2.29. The highest BCUT2D eigenvalue weighted by atomic mass is 16.4. The second-order valence-electron chi connectivity index (χ2n) is 4.47. The number of carbonyl (C=O) groups is 1. The van der Waals surface area contributed by atoms with Crippen LogP contribution in [0.25, 0.3) is 6.08 Å². The zero-order chi connectivity index (χ0) is 13.6. The molecule has 96 valence electrons. The molecule has 0 aromatic heterocycles. The van der Waals surface area contributed by atoms with Crippen molar-refractivity contribution in [1.82, 2.24) is 0 Å². The third-order valence-corrected chi connectivity index (χ3v) is 3.09. The van der Waals surface area contributed by atoms with Crippen LogP contribution in [0, 0.1) is 5.41 Å². The van der Waals surface area contributed by atoms with Gasteiger partial charge in [-0.2, -0.15) is 0 Å². The summed E-state index contributed by atoms with van der Waals surface area (Å²) in [6.07, 6.45) is 15.1. The van der Waals surface area contributed by atoms with Crippen LogP contribution in [-0.4, -0.2) is 11.1 Å². The highest BCUT2D eigenvalue weighted by molar-refractivity contribution is 5.80. The maximum Gasteiger partial charge on any atom is 0.317 e. The van der Waals surface area contributed by atoms with Crippen molar-refractivity contribution >= 4 is 12.0 Å². The van der Waals surface area contributed by atoms with Crippen LogP contribution < -0.4 is 0 Å². The molecule has 0 radical (unpaired) electrons. The minimum Gasteiger partial charge on any atom is -0.480 e. The number of benzene rings is 1. The lowest BCUT2D eigenvalue weighted by molar-refractivity contribution is -0.143. The van der Waals surface area contributed by atoms with E-state index in [0.717, 1.165) is 5.56 Å². The van der Waals surface area contributed by atoms with Crippen molar-refractivity contribution in [1.29, 1.82) is 0 Å². The smallest absolute Gasteiger partial charge is 0.317 e. The Morgan fingerprint density at radius 1 is 1.16 bits per heavy atom. The van der Waals surface area contributed by atoms with E-state index in [2.05, 4.69) is 0 Å². The number of allylic oxidation sites excluding steroid dienone is 5. The molecular weight excluding hydrogens is 236 g/mol. The van der Waals surface area contributed by atoms with Gasteiger partial charge < -0.3 is 5.11 Å². The molecule has 1 atom stereocenters. The number of hydrogen-bond donors (Lipinski definition) is 1. The molecule has 1 unspecified atom stereocenters. The number of carboxylic acid groups (broad SMARTS) is 1. The molecule has 1 aromatic carbocycles. The van der Waals surface area contributed by atoms with E-state index in [-0.39, 0.29) is 0 Å². The van der Waals surface area contributed by atoms with E-state index in [9.17, 15) is 9.90 Å². The van der Waals surface area contributed by atoms with E-state index in [4.69, 9.17) is 0 Å². The normalized spacial score (nSPS) is 22.3. The summed E-state index contributed by atoms with van der Waals surface area (Å²) in [6.45, 7) is 0. The van der Waals surface area contributed by atoms with E-state index in [1.165, 1.54) is 0 Å². The number of aliphatic carboxylic acids is 1. The van der Waals surface area contributed by atoms with Crippen LogP contribution in [0.3, 0.4) is 0 Å². The first-order chi connectivity index (χ1) is 9.23. The van der Waals surface area contributed by atoms with Gasteiger partial charge in [-0.3, -0.25) is 4.79 Å². The molecule has 0 saturated heterocycles. The average Bonchev–Trinajstić information content (AvgIpc) is 2.46. The van der Waals surface area contributed by atoms with Crippen LogP contribution in [0.15, 0.2) is 72.9 Å². The Morgan fingerprint density at radius 2 is 1.95 bits per heavy atom. The Morgan fingerprint density at radius 3 is 2.58 bits per heavy atom. The van der Waals surface area contributed by atoms with Gasteiger partial charge in [-0.15, -0.1) is 0 Å². The molecule has 0 saturated carbocycles. The first kappa shape index (κ1) is 13.1. The van der Waals surface area contributed by atoms with Crippen molar-refractivity contribution in [3.05, 3.63) is 78.4 Å². The summed E-state index contributed by atoms with van der Waals surface area (Å²) in [5.41, 5.74) is 0.186. The predicted molar refractivity (Wildman–Crippen MR) is 77.6 cm³/mol. The van der Waals surface area contributed by atoms with Gasteiger partial charge in [0.1, 0.15) is 5.41 Å². The second-order valence-corrected chi connectivity index (χ2v) is 4.47. The Bertz CT molecular complexity index is 550. The summed E-state index contributed by atoms with van der Waals surface area (Å²) in [5, 5.41) is 9.34. The molecule has 2 heteroatoms. The van der Waals surface area contributed by atoms with Crippen molar-refractivity contribution in [2.24, 2.45) is 5.41 Å². The van der Waals surface area contributed by atoms with Crippen molar-refractivity contribution < 1.29 is 9.90 Å². The van der Waals surface area contributed by atoms with Gasteiger partial charge in [0.2, 0.25) is 0 Å². The third-order valence-electron chi connectivity index (χ3n) is 3.09. The largest absolute Gasteiger partial charge is 0.480 e. The summed E-state index contributed by atoms with van der Waals surface area (Å²) in [6, 6.07) is 9.90. The van der Waals surface area contributed by atoms with Crippen molar-refractivity contribution in [3.8, 4) is 0 Å². The predicted octanol–water partition coefficient (Wildman–Crippen LogP) is 3.84. The van der Waals surface area contributed by atoms with Gasteiger partial charge in [0.25, 0.3) is 0 Å². The lowest BCUT2D eigenvalue weighted by Gasteiger charge is -2.22. The van der Waals surface area contributed by atoms with Gasteiger partial charge in [0.15, 0.2) is 0 Å². The van der Waals surface area contributed by atoms with Crippen molar-refractivity contribution in [3.63, 3.8) is 0 Å². The Hall–Kier alpha value is -2.35. The first-order valence-corrected chi connectivity index (χ1v) is 6.22. The number of rotatable bonds is 4. The van der Waals surface area contributed by atoms with Crippen LogP contribution in [0.4, 0.5) is 0 Å². The van der Waals surface area contributed by atoms with E-state index in [0.29, 0.717) is 6.42 Å². The third kappa shape index (κ3) is 3.32. The molecule has 2 rings (SSSR count). The van der Waals surface area contributed by atoms with E-state index >= 15 is 0 Å². The van der Waals surface area contributed by atoms with Gasteiger partial charge in [0.05, 0.1) is 0 Å². The molecule has 2 nitrogen and oxygen atoms in total. The molecule has 0 bridgehead atoms. The molecule has 0 fully saturated rings. The minimum absolute atomic E-state index is 0.495. The lowest BCUT2D eigenvalue weighted by Crippen LogP contribution is -2.26. The molecule has 1 N–H and O–H groups in total. The zero-order valence-electron chi connectivity index (χ0n) is 10.6. The minimum atomic E-state index is -0.907. The van der Waals surface area contributed by atoms with Gasteiger partial charge in [0, 0.05) is 0 Å².